The van der Waals surface area contributed by atoms with Crippen molar-refractivity contribution in [2.75, 3.05) is 18.5 Å². The number of aromatic nitrogens is 4. The average Bonchev–Trinajstić information content (AvgIpc) is 3.25. The predicted molar refractivity (Wildman–Crippen MR) is 102 cm³/mol. The van der Waals surface area contributed by atoms with E-state index >= 15 is 0 Å². The molecule has 4 N–H and O–H groups in total. The van der Waals surface area contributed by atoms with Crippen LogP contribution in [0.1, 0.15) is 17.4 Å². The molecular weight excluding hydrogens is 362 g/mol. The van der Waals surface area contributed by atoms with Gasteiger partial charge >= 0.3 is 0 Å². The van der Waals surface area contributed by atoms with Gasteiger partial charge in [0.1, 0.15) is 24.6 Å². The monoisotopic (exact) mass is 385 g/mol. The molecule has 1 aliphatic heterocycles. The van der Waals surface area contributed by atoms with Crippen LogP contribution in [0.3, 0.4) is 0 Å². The Hall–Kier alpha value is -2.59. The highest BCUT2D eigenvalue weighted by molar-refractivity contribution is 5.82. The van der Waals surface area contributed by atoms with Gasteiger partial charge in [-0.25, -0.2) is 15.0 Å². The van der Waals surface area contributed by atoms with Crippen LogP contribution in [0.4, 0.5) is 5.82 Å². The summed E-state index contributed by atoms with van der Waals surface area (Å²) in [7, 11) is 0. The Morgan fingerprint density at radius 2 is 1.89 bits per heavy atom. The van der Waals surface area contributed by atoms with Crippen molar-refractivity contribution in [2.24, 2.45) is 0 Å². The van der Waals surface area contributed by atoms with Crippen LogP contribution in [0.5, 0.6) is 0 Å². The second-order valence-electron chi connectivity index (χ2n) is 6.94. The normalized spacial score (nSPS) is 24.7. The van der Waals surface area contributed by atoms with Crippen LogP contribution < -0.4 is 5.32 Å². The summed E-state index contributed by atoms with van der Waals surface area (Å²) in [6.45, 7) is 2.35. The molecule has 1 fully saturated rings. The molecule has 0 saturated carbocycles. The first-order valence-corrected chi connectivity index (χ1v) is 9.18. The Balaban J connectivity index is 1.51. The second kappa shape index (κ2) is 7.80. The van der Waals surface area contributed by atoms with Crippen LogP contribution in [-0.4, -0.2) is 66.3 Å². The van der Waals surface area contributed by atoms with Crippen LogP contribution in [0.15, 0.2) is 36.9 Å². The number of rotatable bonds is 6. The van der Waals surface area contributed by atoms with Crippen molar-refractivity contribution in [1.29, 1.82) is 0 Å². The number of benzene rings is 1. The lowest BCUT2D eigenvalue weighted by Crippen LogP contribution is -2.33. The summed E-state index contributed by atoms with van der Waals surface area (Å²) in [4.78, 5) is 12.9. The van der Waals surface area contributed by atoms with Crippen LogP contribution in [0.2, 0.25) is 0 Å². The summed E-state index contributed by atoms with van der Waals surface area (Å²) >= 11 is 0. The first kappa shape index (κ1) is 18.8. The number of hydrogen-bond acceptors (Lipinski definition) is 8. The number of hydrogen-bond donors (Lipinski definition) is 4. The van der Waals surface area contributed by atoms with Crippen molar-refractivity contribution in [1.82, 2.24) is 19.5 Å². The molecule has 4 atom stereocenters. The summed E-state index contributed by atoms with van der Waals surface area (Å²) in [5.74, 6) is 0.586. The third kappa shape index (κ3) is 3.45. The average molecular weight is 385 g/mol. The Morgan fingerprint density at radius 1 is 1.11 bits per heavy atom. The molecule has 3 heterocycles. The number of aliphatic hydroxyl groups excluding tert-OH is 3. The number of anilines is 1. The van der Waals surface area contributed by atoms with E-state index < -0.39 is 24.5 Å². The fourth-order valence-electron chi connectivity index (χ4n) is 3.36. The first-order valence-electron chi connectivity index (χ1n) is 9.18. The molecule has 0 amide bonds. The molecule has 0 aliphatic carbocycles. The van der Waals surface area contributed by atoms with Crippen LogP contribution in [0.25, 0.3) is 11.2 Å². The number of ether oxygens (including phenoxy) is 1. The summed E-state index contributed by atoms with van der Waals surface area (Å²) < 4.78 is 7.12. The van der Waals surface area contributed by atoms with E-state index in [-0.39, 0.29) is 6.61 Å². The fourth-order valence-corrected chi connectivity index (χ4v) is 3.36. The van der Waals surface area contributed by atoms with Gasteiger partial charge in [-0.1, -0.05) is 29.8 Å². The molecule has 4 unspecified atom stereocenters. The van der Waals surface area contributed by atoms with Crippen molar-refractivity contribution >= 4 is 17.0 Å². The minimum absolute atomic E-state index is 0.387. The van der Waals surface area contributed by atoms with Gasteiger partial charge in [-0.15, -0.1) is 0 Å². The minimum atomic E-state index is -1.19. The quantitative estimate of drug-likeness (QED) is 0.481. The van der Waals surface area contributed by atoms with E-state index in [9.17, 15) is 15.3 Å². The standard InChI is InChI=1S/C19H23N5O4/c1-11-2-4-12(5-3-11)6-7-20-17-14-18(22-9-21-17)24(10-23-14)19-16(27)15(26)13(8-25)28-19/h2-5,9-10,13,15-16,19,25-27H,6-8H2,1H3,(H,20,21,22). The first-order chi connectivity index (χ1) is 13.6. The summed E-state index contributed by atoms with van der Waals surface area (Å²) in [6.07, 6.45) is -0.370. The predicted octanol–water partition coefficient (Wildman–Crippen LogP) is 0.401. The molecule has 1 saturated heterocycles. The van der Waals surface area contributed by atoms with Crippen LogP contribution in [0, 0.1) is 6.92 Å². The van der Waals surface area contributed by atoms with Crippen molar-refractivity contribution < 1.29 is 20.1 Å². The lowest BCUT2D eigenvalue weighted by atomic mass is 10.1. The molecule has 0 spiro atoms. The molecule has 2 aromatic heterocycles. The Morgan fingerprint density at radius 3 is 2.61 bits per heavy atom. The Bertz CT molecular complexity index is 945. The van der Waals surface area contributed by atoms with Gasteiger partial charge in [0.2, 0.25) is 0 Å². The maximum absolute atomic E-state index is 10.3. The number of nitrogens with one attached hydrogen (secondary N) is 1. The molecular formula is C19H23N5O4. The zero-order chi connectivity index (χ0) is 19.7. The van der Waals surface area contributed by atoms with E-state index in [1.807, 2.05) is 0 Å². The fraction of sp³-hybridized carbons (Fsp3) is 0.421. The van der Waals surface area contributed by atoms with Gasteiger partial charge in [0.25, 0.3) is 0 Å². The third-order valence-electron chi connectivity index (χ3n) is 4.98. The van der Waals surface area contributed by atoms with E-state index in [1.165, 1.54) is 23.8 Å². The van der Waals surface area contributed by atoms with Gasteiger partial charge in [0.15, 0.2) is 23.2 Å². The van der Waals surface area contributed by atoms with E-state index in [2.05, 4.69) is 51.5 Å². The minimum Gasteiger partial charge on any atom is -0.394 e. The largest absolute Gasteiger partial charge is 0.394 e. The molecule has 0 bridgehead atoms. The molecule has 4 rings (SSSR count). The SMILES string of the molecule is Cc1ccc(CCNc2ncnc3c2ncn3C2OC(CO)C(O)C2O)cc1. The number of aliphatic hydroxyl groups is 3. The van der Waals surface area contributed by atoms with Crippen molar-refractivity contribution in [3.05, 3.63) is 48.0 Å². The Kier molecular flexibility index (Phi) is 5.23. The topological polar surface area (TPSA) is 126 Å². The second-order valence-corrected chi connectivity index (χ2v) is 6.94. The van der Waals surface area contributed by atoms with Gasteiger partial charge in [0.05, 0.1) is 12.9 Å². The molecule has 3 aromatic rings. The summed E-state index contributed by atoms with van der Waals surface area (Å²) in [5.41, 5.74) is 3.47. The van der Waals surface area contributed by atoms with E-state index in [0.29, 0.717) is 23.5 Å². The van der Waals surface area contributed by atoms with E-state index in [4.69, 9.17) is 4.74 Å². The number of imidazole rings is 1. The van der Waals surface area contributed by atoms with Crippen LogP contribution >= 0.6 is 0 Å². The summed E-state index contributed by atoms with van der Waals surface area (Å²) in [5, 5.41) is 32.8. The maximum atomic E-state index is 10.3. The highest BCUT2D eigenvalue weighted by Gasteiger charge is 2.44. The zero-order valence-corrected chi connectivity index (χ0v) is 15.4. The number of aryl methyl sites for hydroxylation is 1. The zero-order valence-electron chi connectivity index (χ0n) is 15.4. The lowest BCUT2D eigenvalue weighted by molar-refractivity contribution is -0.0511. The molecule has 1 aromatic carbocycles. The lowest BCUT2D eigenvalue weighted by Gasteiger charge is -2.16. The van der Waals surface area contributed by atoms with Gasteiger partial charge in [-0.05, 0) is 18.9 Å². The molecule has 1 aliphatic rings. The van der Waals surface area contributed by atoms with Gasteiger partial charge in [0, 0.05) is 6.54 Å². The van der Waals surface area contributed by atoms with Crippen LogP contribution in [-0.2, 0) is 11.2 Å². The molecule has 28 heavy (non-hydrogen) atoms. The van der Waals surface area contributed by atoms with Gasteiger partial charge in [-0.2, -0.15) is 0 Å². The molecule has 9 nitrogen and oxygen atoms in total. The smallest absolute Gasteiger partial charge is 0.167 e. The maximum Gasteiger partial charge on any atom is 0.167 e. The Labute approximate surface area is 161 Å². The number of nitrogens with zero attached hydrogens (tertiary/aromatic N) is 4. The number of fused-ring (bicyclic) bond motifs is 1. The molecule has 0 radical (unpaired) electrons. The highest BCUT2D eigenvalue weighted by Crippen LogP contribution is 2.32. The van der Waals surface area contributed by atoms with Crippen molar-refractivity contribution in [2.45, 2.75) is 37.9 Å². The third-order valence-corrected chi connectivity index (χ3v) is 4.98. The van der Waals surface area contributed by atoms with Crippen molar-refractivity contribution in [3.8, 4) is 0 Å². The van der Waals surface area contributed by atoms with Gasteiger partial charge < -0.3 is 25.4 Å². The highest BCUT2D eigenvalue weighted by atomic mass is 16.6. The van der Waals surface area contributed by atoms with Gasteiger partial charge in [-0.3, -0.25) is 4.57 Å². The summed E-state index contributed by atoms with van der Waals surface area (Å²) in [6, 6.07) is 8.37. The van der Waals surface area contributed by atoms with Crippen molar-refractivity contribution in [3.63, 3.8) is 0 Å². The van der Waals surface area contributed by atoms with E-state index in [1.54, 1.807) is 4.57 Å². The molecule has 9 heteroatoms. The van der Waals surface area contributed by atoms with E-state index in [0.717, 1.165) is 6.42 Å². The molecule has 148 valence electrons.